The Morgan fingerprint density at radius 2 is 1.80 bits per heavy atom. The molecular formula is C20H31NO4. The Bertz CT molecular complexity index is 539. The number of benzene rings is 1. The van der Waals surface area contributed by atoms with Crippen LogP contribution in [0.3, 0.4) is 0 Å². The number of hydrogen-bond donors (Lipinski definition) is 0. The molecule has 0 amide bonds. The van der Waals surface area contributed by atoms with Crippen LogP contribution >= 0.6 is 0 Å². The largest absolute Gasteiger partial charge is 0.493 e. The molecule has 1 aliphatic rings. The smallest absolute Gasteiger partial charge is 0.203 e. The van der Waals surface area contributed by atoms with Gasteiger partial charge in [0.15, 0.2) is 11.5 Å². The molecule has 0 saturated carbocycles. The molecule has 5 heteroatoms. The number of likely N-dealkylation sites (tertiary alicyclic amines) is 1. The van der Waals surface area contributed by atoms with Crippen LogP contribution in [0.2, 0.25) is 0 Å². The number of ether oxygens (including phenoxy) is 3. The average molecular weight is 349 g/mol. The molecular weight excluding hydrogens is 318 g/mol. The fraction of sp³-hybridized carbons (Fsp3) is 0.650. The van der Waals surface area contributed by atoms with Crippen molar-refractivity contribution in [3.05, 3.63) is 17.7 Å². The summed E-state index contributed by atoms with van der Waals surface area (Å²) in [6.07, 6.45) is 7.29. The van der Waals surface area contributed by atoms with Gasteiger partial charge in [0.05, 0.1) is 21.3 Å². The first-order chi connectivity index (χ1) is 12.2. The zero-order valence-electron chi connectivity index (χ0n) is 15.8. The van der Waals surface area contributed by atoms with Gasteiger partial charge in [0.2, 0.25) is 5.75 Å². The third-order valence-corrected chi connectivity index (χ3v) is 5.11. The first-order valence-electron chi connectivity index (χ1n) is 9.17. The van der Waals surface area contributed by atoms with E-state index in [1.54, 1.807) is 21.3 Å². The van der Waals surface area contributed by atoms with E-state index in [9.17, 15) is 4.79 Å². The third kappa shape index (κ3) is 5.36. The second-order valence-corrected chi connectivity index (χ2v) is 6.63. The first-order valence-corrected chi connectivity index (χ1v) is 9.17. The van der Waals surface area contributed by atoms with E-state index >= 15 is 0 Å². The summed E-state index contributed by atoms with van der Waals surface area (Å²) in [6.45, 7) is 3.39. The van der Waals surface area contributed by atoms with Gasteiger partial charge in [-0.1, -0.05) is 6.07 Å². The highest BCUT2D eigenvalue weighted by atomic mass is 16.5. The third-order valence-electron chi connectivity index (χ3n) is 5.11. The van der Waals surface area contributed by atoms with Gasteiger partial charge in [0.25, 0.3) is 0 Å². The van der Waals surface area contributed by atoms with Gasteiger partial charge < -0.3 is 23.9 Å². The molecule has 1 fully saturated rings. The molecule has 1 aromatic rings. The predicted octanol–water partition coefficient (Wildman–Crippen LogP) is 3.34. The van der Waals surface area contributed by atoms with Crippen molar-refractivity contribution >= 4 is 6.29 Å². The van der Waals surface area contributed by atoms with Gasteiger partial charge in [0, 0.05) is 6.42 Å². The second kappa shape index (κ2) is 10.3. The summed E-state index contributed by atoms with van der Waals surface area (Å²) in [6, 6.07) is 4.00. The van der Waals surface area contributed by atoms with Crippen LogP contribution in [0.1, 0.15) is 37.7 Å². The molecule has 0 aromatic heterocycles. The Hall–Kier alpha value is -1.75. The summed E-state index contributed by atoms with van der Waals surface area (Å²) in [4.78, 5) is 13.0. The Kier molecular flexibility index (Phi) is 8.06. The molecule has 5 nitrogen and oxygen atoms in total. The molecule has 0 atom stereocenters. The average Bonchev–Trinajstić information content (AvgIpc) is 2.66. The van der Waals surface area contributed by atoms with Gasteiger partial charge in [-0.25, -0.2) is 0 Å². The lowest BCUT2D eigenvalue weighted by molar-refractivity contribution is -0.108. The minimum Gasteiger partial charge on any atom is -0.493 e. The standard InChI is InChI=1S/C20H31NO4/c1-23-18-9-8-17(19(24-2)20(18)25-3)7-4-12-21-13-10-16(11-14-21)6-5-15-22/h8-9,15-16H,4-7,10-14H2,1-3H3. The van der Waals surface area contributed by atoms with E-state index in [0.29, 0.717) is 17.9 Å². The van der Waals surface area contributed by atoms with Gasteiger partial charge in [0.1, 0.15) is 6.29 Å². The van der Waals surface area contributed by atoms with E-state index in [-0.39, 0.29) is 0 Å². The van der Waals surface area contributed by atoms with Crippen molar-refractivity contribution in [1.29, 1.82) is 0 Å². The predicted molar refractivity (Wildman–Crippen MR) is 98.9 cm³/mol. The number of aryl methyl sites for hydroxylation is 1. The molecule has 0 spiro atoms. The highest BCUT2D eigenvalue weighted by Crippen LogP contribution is 2.40. The van der Waals surface area contributed by atoms with Crippen LogP contribution in [-0.4, -0.2) is 52.1 Å². The van der Waals surface area contributed by atoms with E-state index < -0.39 is 0 Å². The lowest BCUT2D eigenvalue weighted by atomic mass is 9.92. The fourth-order valence-corrected chi connectivity index (χ4v) is 3.66. The van der Waals surface area contributed by atoms with Crippen LogP contribution in [-0.2, 0) is 11.2 Å². The summed E-state index contributed by atoms with van der Waals surface area (Å²) >= 11 is 0. The normalized spacial score (nSPS) is 15.8. The molecule has 1 heterocycles. The molecule has 0 unspecified atom stereocenters. The lowest BCUT2D eigenvalue weighted by Gasteiger charge is -2.31. The van der Waals surface area contributed by atoms with Crippen molar-refractivity contribution in [1.82, 2.24) is 4.90 Å². The zero-order chi connectivity index (χ0) is 18.1. The number of methoxy groups -OCH3 is 3. The van der Waals surface area contributed by atoms with Crippen molar-refractivity contribution in [3.63, 3.8) is 0 Å². The molecule has 25 heavy (non-hydrogen) atoms. The summed E-state index contributed by atoms with van der Waals surface area (Å²) < 4.78 is 16.3. The number of nitrogens with zero attached hydrogens (tertiary/aromatic N) is 1. The van der Waals surface area contributed by atoms with Gasteiger partial charge in [-0.15, -0.1) is 0 Å². The molecule has 0 N–H and O–H groups in total. The molecule has 0 radical (unpaired) electrons. The molecule has 1 aliphatic heterocycles. The number of rotatable bonds is 10. The van der Waals surface area contributed by atoms with E-state index in [1.807, 2.05) is 6.07 Å². The molecule has 0 bridgehead atoms. The summed E-state index contributed by atoms with van der Waals surface area (Å²) in [5.74, 6) is 2.86. The SMILES string of the molecule is COc1ccc(CCCN2CCC(CCC=O)CC2)c(OC)c1OC. The van der Waals surface area contributed by atoms with Gasteiger partial charge in [-0.3, -0.25) is 0 Å². The van der Waals surface area contributed by atoms with Crippen LogP contribution in [0.5, 0.6) is 17.2 Å². The maximum atomic E-state index is 10.5. The molecule has 0 aliphatic carbocycles. The van der Waals surface area contributed by atoms with Crippen molar-refractivity contribution in [2.24, 2.45) is 5.92 Å². The maximum absolute atomic E-state index is 10.5. The van der Waals surface area contributed by atoms with Crippen LogP contribution < -0.4 is 14.2 Å². The van der Waals surface area contributed by atoms with Crippen LogP contribution in [0, 0.1) is 5.92 Å². The van der Waals surface area contributed by atoms with Gasteiger partial charge >= 0.3 is 0 Å². The molecule has 140 valence electrons. The number of hydrogen-bond acceptors (Lipinski definition) is 5. The highest BCUT2D eigenvalue weighted by Gasteiger charge is 2.19. The van der Waals surface area contributed by atoms with Crippen molar-refractivity contribution in [2.45, 2.75) is 38.5 Å². The van der Waals surface area contributed by atoms with Crippen LogP contribution in [0.25, 0.3) is 0 Å². The Balaban J connectivity index is 1.83. The first kappa shape index (κ1) is 19.6. The van der Waals surface area contributed by atoms with Crippen molar-refractivity contribution in [2.75, 3.05) is 41.0 Å². The van der Waals surface area contributed by atoms with Gasteiger partial charge in [-0.2, -0.15) is 0 Å². The quantitative estimate of drug-likeness (QED) is 0.606. The van der Waals surface area contributed by atoms with Crippen LogP contribution in [0.15, 0.2) is 12.1 Å². The topological polar surface area (TPSA) is 48.0 Å². The Labute approximate surface area is 151 Å². The summed E-state index contributed by atoms with van der Waals surface area (Å²) in [7, 11) is 4.94. The number of aldehydes is 1. The summed E-state index contributed by atoms with van der Waals surface area (Å²) in [5.41, 5.74) is 1.15. The zero-order valence-corrected chi connectivity index (χ0v) is 15.8. The van der Waals surface area contributed by atoms with E-state index in [0.717, 1.165) is 62.4 Å². The molecule has 1 saturated heterocycles. The number of carbonyl (C=O) groups is 1. The Morgan fingerprint density at radius 3 is 2.40 bits per heavy atom. The van der Waals surface area contributed by atoms with Gasteiger partial charge in [-0.05, 0) is 69.3 Å². The minimum atomic E-state index is 0.665. The number of piperidine rings is 1. The highest BCUT2D eigenvalue weighted by molar-refractivity contribution is 5.55. The minimum absolute atomic E-state index is 0.665. The van der Waals surface area contributed by atoms with Crippen molar-refractivity contribution < 1.29 is 19.0 Å². The fourth-order valence-electron chi connectivity index (χ4n) is 3.66. The second-order valence-electron chi connectivity index (χ2n) is 6.63. The lowest BCUT2D eigenvalue weighted by Crippen LogP contribution is -2.34. The Morgan fingerprint density at radius 1 is 1.08 bits per heavy atom. The monoisotopic (exact) mass is 349 g/mol. The van der Waals surface area contributed by atoms with E-state index in [2.05, 4.69) is 11.0 Å². The number of carbonyl (C=O) groups excluding carboxylic acids is 1. The molecule has 1 aromatic carbocycles. The van der Waals surface area contributed by atoms with Crippen molar-refractivity contribution in [3.8, 4) is 17.2 Å². The van der Waals surface area contributed by atoms with Crippen LogP contribution in [0.4, 0.5) is 0 Å². The maximum Gasteiger partial charge on any atom is 0.203 e. The summed E-state index contributed by atoms with van der Waals surface area (Å²) in [5, 5.41) is 0. The molecule has 2 rings (SSSR count). The van der Waals surface area contributed by atoms with E-state index in [4.69, 9.17) is 14.2 Å². The van der Waals surface area contributed by atoms with E-state index in [1.165, 1.54) is 12.8 Å².